The quantitative estimate of drug-likeness (QED) is 0.341. The van der Waals surface area contributed by atoms with Crippen LogP contribution < -0.4 is 10.6 Å². The number of halogens is 1. The number of anilines is 3. The van der Waals surface area contributed by atoms with Crippen LogP contribution in [0.2, 0.25) is 5.02 Å². The highest BCUT2D eigenvalue weighted by molar-refractivity contribution is 6.33. The number of nitrogens with zero attached hydrogens (tertiary/aromatic N) is 3. The Balaban J connectivity index is 1.43. The number of carbonyl (C=O) groups excluding carboxylic acids is 1. The average Bonchev–Trinajstić information content (AvgIpc) is 3.33. The third kappa shape index (κ3) is 5.19. The molecule has 0 aliphatic heterocycles. The minimum atomic E-state index is -0.108. The van der Waals surface area contributed by atoms with Gasteiger partial charge in [0.1, 0.15) is 0 Å². The van der Waals surface area contributed by atoms with Crippen molar-refractivity contribution in [2.24, 2.45) is 0 Å². The predicted octanol–water partition coefficient (Wildman–Crippen LogP) is 5.78. The van der Waals surface area contributed by atoms with Crippen molar-refractivity contribution in [1.82, 2.24) is 4.98 Å². The minimum Gasteiger partial charge on any atom is -0.423 e. The van der Waals surface area contributed by atoms with Crippen LogP contribution in [0.15, 0.2) is 77.3 Å². The van der Waals surface area contributed by atoms with Gasteiger partial charge >= 0.3 is 0 Å². The van der Waals surface area contributed by atoms with Gasteiger partial charge in [-0.2, -0.15) is 10.5 Å². The molecule has 0 unspecified atom stereocenters. The molecule has 4 aromatic rings. The summed E-state index contributed by atoms with van der Waals surface area (Å²) in [7, 11) is 0. The molecule has 1 heterocycles. The lowest BCUT2D eigenvalue weighted by Gasteiger charge is -2.10. The molecule has 2 N–H and O–H groups in total. The first kappa shape index (κ1) is 21.6. The zero-order chi connectivity index (χ0) is 23.2. The van der Waals surface area contributed by atoms with Crippen molar-refractivity contribution < 1.29 is 9.21 Å². The third-order valence-electron chi connectivity index (χ3n) is 4.80. The van der Waals surface area contributed by atoms with Crippen LogP contribution in [0.25, 0.3) is 11.3 Å². The van der Waals surface area contributed by atoms with Crippen molar-refractivity contribution in [1.29, 1.82) is 10.5 Å². The van der Waals surface area contributed by atoms with E-state index in [1.807, 2.05) is 6.07 Å². The molecule has 0 fully saturated rings. The van der Waals surface area contributed by atoms with E-state index in [2.05, 4.69) is 21.7 Å². The summed E-state index contributed by atoms with van der Waals surface area (Å²) in [6.45, 7) is 0.0782. The highest BCUT2D eigenvalue weighted by Gasteiger charge is 2.11. The molecule has 160 valence electrons. The van der Waals surface area contributed by atoms with E-state index in [0.29, 0.717) is 38.8 Å². The first-order valence-electron chi connectivity index (χ1n) is 9.86. The van der Waals surface area contributed by atoms with Crippen molar-refractivity contribution in [2.75, 3.05) is 17.2 Å². The van der Waals surface area contributed by atoms with Crippen LogP contribution in [0.4, 0.5) is 17.4 Å². The number of rotatable bonds is 7. The van der Waals surface area contributed by atoms with Crippen molar-refractivity contribution in [3.63, 3.8) is 0 Å². The second-order valence-electron chi connectivity index (χ2n) is 7.00. The Labute approximate surface area is 194 Å². The van der Waals surface area contributed by atoms with E-state index in [-0.39, 0.29) is 18.3 Å². The average molecular weight is 454 g/mol. The monoisotopic (exact) mass is 453 g/mol. The number of Topliss-reactive ketones (excluding diaryl/α,β-unsaturated/α-hetero) is 1. The number of carbonyl (C=O) groups is 1. The Morgan fingerprint density at radius 2 is 1.64 bits per heavy atom. The van der Waals surface area contributed by atoms with Crippen LogP contribution in [0, 0.1) is 22.7 Å². The summed E-state index contributed by atoms with van der Waals surface area (Å²) in [4.78, 5) is 16.6. The zero-order valence-corrected chi connectivity index (χ0v) is 17.9. The Kier molecular flexibility index (Phi) is 6.36. The largest absolute Gasteiger partial charge is 0.423 e. The molecule has 0 atom stereocenters. The molecule has 0 aliphatic carbocycles. The van der Waals surface area contributed by atoms with E-state index in [4.69, 9.17) is 26.5 Å². The third-order valence-corrected chi connectivity index (χ3v) is 5.13. The van der Waals surface area contributed by atoms with Gasteiger partial charge in [-0.1, -0.05) is 23.7 Å². The number of nitriles is 2. The van der Waals surface area contributed by atoms with Gasteiger partial charge in [0.15, 0.2) is 11.5 Å². The van der Waals surface area contributed by atoms with E-state index in [1.165, 1.54) is 0 Å². The molecule has 0 aliphatic rings. The molecule has 4 rings (SSSR count). The molecule has 1 aromatic heterocycles. The molecular weight excluding hydrogens is 438 g/mol. The van der Waals surface area contributed by atoms with Crippen LogP contribution in [0.5, 0.6) is 0 Å². The molecule has 0 radical (unpaired) electrons. The summed E-state index contributed by atoms with van der Waals surface area (Å²) < 4.78 is 5.76. The fourth-order valence-corrected chi connectivity index (χ4v) is 3.20. The number of aromatic nitrogens is 1. The maximum Gasteiger partial charge on any atom is 0.299 e. The van der Waals surface area contributed by atoms with Crippen molar-refractivity contribution in [3.8, 4) is 23.5 Å². The molecule has 0 amide bonds. The maximum atomic E-state index is 12.4. The zero-order valence-electron chi connectivity index (χ0n) is 17.2. The van der Waals surface area contributed by atoms with Gasteiger partial charge in [0, 0.05) is 16.8 Å². The summed E-state index contributed by atoms with van der Waals surface area (Å²) in [6.07, 6.45) is 1.58. The molecule has 33 heavy (non-hydrogen) atoms. The lowest BCUT2D eigenvalue weighted by Crippen LogP contribution is -2.14. The highest BCUT2D eigenvalue weighted by atomic mass is 35.5. The van der Waals surface area contributed by atoms with Crippen molar-refractivity contribution >= 4 is 34.8 Å². The van der Waals surface area contributed by atoms with Crippen molar-refractivity contribution in [2.45, 2.75) is 0 Å². The summed E-state index contributed by atoms with van der Waals surface area (Å²) >= 11 is 6.31. The number of hydrogen-bond acceptors (Lipinski definition) is 7. The van der Waals surface area contributed by atoms with Gasteiger partial charge in [0.2, 0.25) is 0 Å². The van der Waals surface area contributed by atoms with Gasteiger partial charge < -0.3 is 15.1 Å². The molecule has 0 saturated carbocycles. The van der Waals surface area contributed by atoms with Crippen LogP contribution in [0.1, 0.15) is 21.5 Å². The second kappa shape index (κ2) is 9.69. The number of benzene rings is 3. The van der Waals surface area contributed by atoms with E-state index in [9.17, 15) is 4.79 Å². The number of oxazole rings is 1. The van der Waals surface area contributed by atoms with E-state index >= 15 is 0 Å². The lowest BCUT2D eigenvalue weighted by atomic mass is 10.1. The molecule has 0 spiro atoms. The van der Waals surface area contributed by atoms with Gasteiger partial charge in [0.05, 0.1) is 46.7 Å². The van der Waals surface area contributed by atoms with Gasteiger partial charge in [0.25, 0.3) is 6.01 Å². The fourth-order valence-electron chi connectivity index (χ4n) is 3.04. The first-order chi connectivity index (χ1) is 16.1. The Bertz CT molecular complexity index is 1380. The van der Waals surface area contributed by atoms with Crippen LogP contribution >= 0.6 is 11.6 Å². The first-order valence-corrected chi connectivity index (χ1v) is 10.2. The highest BCUT2D eigenvalue weighted by Crippen LogP contribution is 2.30. The van der Waals surface area contributed by atoms with E-state index in [0.717, 1.165) is 5.56 Å². The normalized spacial score (nSPS) is 10.2. The molecule has 7 nitrogen and oxygen atoms in total. The van der Waals surface area contributed by atoms with Crippen molar-refractivity contribution in [3.05, 3.63) is 94.6 Å². The summed E-state index contributed by atoms with van der Waals surface area (Å²) in [5.74, 6) is 0.434. The van der Waals surface area contributed by atoms with Crippen LogP contribution in [-0.4, -0.2) is 17.3 Å². The number of hydrogen-bond donors (Lipinski definition) is 2. The van der Waals surface area contributed by atoms with Gasteiger partial charge in [-0.25, -0.2) is 4.98 Å². The molecule has 0 bridgehead atoms. The molecule has 3 aromatic carbocycles. The molecule has 8 heteroatoms. The van der Waals surface area contributed by atoms with E-state index < -0.39 is 0 Å². The van der Waals surface area contributed by atoms with E-state index in [1.54, 1.807) is 72.9 Å². The van der Waals surface area contributed by atoms with Crippen LogP contribution in [0.3, 0.4) is 0 Å². The summed E-state index contributed by atoms with van der Waals surface area (Å²) in [6, 6.07) is 23.0. The molecular formula is C25H16ClN5O2. The topological polar surface area (TPSA) is 115 Å². The smallest absolute Gasteiger partial charge is 0.299 e. The number of ketones is 1. The van der Waals surface area contributed by atoms with Gasteiger partial charge in [-0.3, -0.25) is 4.79 Å². The lowest BCUT2D eigenvalue weighted by molar-refractivity contribution is 0.101. The van der Waals surface area contributed by atoms with Gasteiger partial charge in [-0.05, 0) is 54.6 Å². The Hall–Kier alpha value is -4.59. The van der Waals surface area contributed by atoms with Gasteiger partial charge in [-0.15, -0.1) is 0 Å². The SMILES string of the molecule is N#Cc1ccc(C(=O)CNc2ccc(Cl)c(Nc3ncc(-c4ccc(C#N)cc4)o3)c2)cc1. The van der Waals surface area contributed by atoms with Crippen LogP contribution in [-0.2, 0) is 0 Å². The molecule has 0 saturated heterocycles. The maximum absolute atomic E-state index is 12.4. The summed E-state index contributed by atoms with van der Waals surface area (Å²) in [5, 5.41) is 24.4. The standard InChI is InChI=1S/C25H16ClN5O2/c26-21-10-9-20(29-14-23(32)18-5-1-16(12-27)2-6-18)11-22(21)31-25-30-15-24(33-25)19-7-3-17(13-28)4-8-19/h1-11,15,29H,14H2,(H,30,31). The Morgan fingerprint density at radius 3 is 2.30 bits per heavy atom. The minimum absolute atomic E-state index is 0.0782. The second-order valence-corrected chi connectivity index (χ2v) is 7.41. The fraction of sp³-hybridized carbons (Fsp3) is 0.0400. The summed E-state index contributed by atoms with van der Waals surface area (Å²) in [5.41, 5.74) is 3.61. The number of nitrogens with one attached hydrogen (secondary N) is 2. The Morgan fingerprint density at radius 1 is 0.970 bits per heavy atom. The predicted molar refractivity (Wildman–Crippen MR) is 125 cm³/mol.